The molecular formula is C14H12FN3O. The summed E-state index contributed by atoms with van der Waals surface area (Å²) in [5.41, 5.74) is 1.85. The molecule has 0 aliphatic heterocycles. The van der Waals surface area contributed by atoms with Gasteiger partial charge in [-0.3, -0.25) is 0 Å². The lowest BCUT2D eigenvalue weighted by atomic mass is 10.2. The highest BCUT2D eigenvalue weighted by Gasteiger charge is 2.14. The predicted molar refractivity (Wildman–Crippen MR) is 69.6 cm³/mol. The van der Waals surface area contributed by atoms with Crippen LogP contribution < -0.4 is 4.74 Å². The zero-order valence-electron chi connectivity index (χ0n) is 10.4. The Morgan fingerprint density at radius 1 is 1.16 bits per heavy atom. The van der Waals surface area contributed by atoms with Gasteiger partial charge in [0.05, 0.1) is 13.7 Å². The topological polar surface area (TPSA) is 39.9 Å². The highest BCUT2D eigenvalue weighted by atomic mass is 19.1. The molecule has 5 heteroatoms. The summed E-state index contributed by atoms with van der Waals surface area (Å²) in [6.45, 7) is 0.474. The molecule has 0 atom stereocenters. The third-order valence-corrected chi connectivity index (χ3v) is 2.97. The molecule has 0 saturated carbocycles. The van der Waals surface area contributed by atoms with Crippen LogP contribution in [-0.4, -0.2) is 22.1 Å². The van der Waals surface area contributed by atoms with Gasteiger partial charge < -0.3 is 4.74 Å². The Hall–Kier alpha value is -2.43. The fraction of sp³-hybridized carbons (Fsp3) is 0.143. The van der Waals surface area contributed by atoms with Crippen molar-refractivity contribution in [2.75, 3.05) is 7.11 Å². The standard InChI is InChI=1S/C14H12FN3O/c1-19-12-8-7-11(15)14-13(12)16-17-18(14)9-10-5-3-2-4-6-10/h2-8H,9H2,1H3. The van der Waals surface area contributed by atoms with Crippen molar-refractivity contribution < 1.29 is 9.13 Å². The first-order valence-electron chi connectivity index (χ1n) is 5.89. The molecule has 96 valence electrons. The number of halogens is 1. The van der Waals surface area contributed by atoms with E-state index in [0.717, 1.165) is 5.56 Å². The molecule has 0 radical (unpaired) electrons. The van der Waals surface area contributed by atoms with Gasteiger partial charge in [0.1, 0.15) is 11.3 Å². The van der Waals surface area contributed by atoms with Crippen LogP contribution in [0.4, 0.5) is 4.39 Å². The van der Waals surface area contributed by atoms with Gasteiger partial charge in [0.2, 0.25) is 0 Å². The molecule has 0 unspecified atom stereocenters. The normalized spacial score (nSPS) is 10.8. The number of ether oxygens (including phenoxy) is 1. The summed E-state index contributed by atoms with van der Waals surface area (Å²) < 4.78 is 20.7. The first-order chi connectivity index (χ1) is 9.29. The van der Waals surface area contributed by atoms with E-state index in [0.29, 0.717) is 23.3 Å². The molecule has 4 nitrogen and oxygen atoms in total. The van der Waals surface area contributed by atoms with Gasteiger partial charge in [-0.15, -0.1) is 5.10 Å². The summed E-state index contributed by atoms with van der Waals surface area (Å²) in [5.74, 6) is 0.174. The third kappa shape index (κ3) is 2.03. The van der Waals surface area contributed by atoms with Crippen LogP contribution in [0, 0.1) is 5.82 Å². The second-order valence-corrected chi connectivity index (χ2v) is 4.18. The summed E-state index contributed by atoms with van der Waals surface area (Å²) >= 11 is 0. The fourth-order valence-electron chi connectivity index (χ4n) is 2.05. The molecule has 0 aliphatic carbocycles. The molecule has 0 bridgehead atoms. The quantitative estimate of drug-likeness (QED) is 0.724. The molecule has 3 rings (SSSR count). The van der Waals surface area contributed by atoms with E-state index in [-0.39, 0.29) is 5.82 Å². The number of fused-ring (bicyclic) bond motifs is 1. The molecule has 0 fully saturated rings. The monoisotopic (exact) mass is 257 g/mol. The summed E-state index contributed by atoms with van der Waals surface area (Å²) in [6, 6.07) is 12.7. The minimum absolute atomic E-state index is 0.350. The van der Waals surface area contributed by atoms with Gasteiger partial charge in [0.15, 0.2) is 11.3 Å². The van der Waals surface area contributed by atoms with Crippen molar-refractivity contribution in [2.45, 2.75) is 6.54 Å². The molecular weight excluding hydrogens is 245 g/mol. The Kier molecular flexibility index (Phi) is 2.87. The average Bonchev–Trinajstić information content (AvgIpc) is 2.85. The minimum atomic E-state index is -0.350. The minimum Gasteiger partial charge on any atom is -0.494 e. The maximum absolute atomic E-state index is 13.9. The molecule has 0 aliphatic rings. The second kappa shape index (κ2) is 4.68. The number of rotatable bonds is 3. The highest BCUT2D eigenvalue weighted by Crippen LogP contribution is 2.25. The lowest BCUT2D eigenvalue weighted by Gasteiger charge is -2.04. The summed E-state index contributed by atoms with van der Waals surface area (Å²) in [6.07, 6.45) is 0. The molecule has 2 aromatic carbocycles. The number of methoxy groups -OCH3 is 1. The Bertz CT molecular complexity index is 709. The lowest BCUT2D eigenvalue weighted by Crippen LogP contribution is -2.02. The molecule has 0 N–H and O–H groups in total. The zero-order chi connectivity index (χ0) is 13.2. The van der Waals surface area contributed by atoms with Crippen LogP contribution in [-0.2, 0) is 6.54 Å². The van der Waals surface area contributed by atoms with Gasteiger partial charge in [-0.05, 0) is 17.7 Å². The van der Waals surface area contributed by atoms with Crippen LogP contribution in [0.2, 0.25) is 0 Å². The highest BCUT2D eigenvalue weighted by molar-refractivity contribution is 5.81. The van der Waals surface area contributed by atoms with E-state index in [1.807, 2.05) is 30.3 Å². The SMILES string of the molecule is COc1ccc(F)c2c1nnn2Cc1ccccc1. The van der Waals surface area contributed by atoms with Crippen molar-refractivity contribution in [1.82, 2.24) is 15.0 Å². The fourth-order valence-corrected chi connectivity index (χ4v) is 2.05. The second-order valence-electron chi connectivity index (χ2n) is 4.18. The number of benzene rings is 2. The predicted octanol–water partition coefficient (Wildman–Crippen LogP) is 2.63. The summed E-state index contributed by atoms with van der Waals surface area (Å²) in [4.78, 5) is 0. The number of hydrogen-bond donors (Lipinski definition) is 0. The Balaban J connectivity index is 2.10. The molecule has 0 spiro atoms. The van der Waals surface area contributed by atoms with Crippen LogP contribution >= 0.6 is 0 Å². The van der Waals surface area contributed by atoms with Crippen molar-refractivity contribution >= 4 is 11.0 Å². The largest absolute Gasteiger partial charge is 0.494 e. The van der Waals surface area contributed by atoms with E-state index in [4.69, 9.17) is 4.74 Å². The van der Waals surface area contributed by atoms with E-state index in [1.165, 1.54) is 13.2 Å². The first kappa shape index (κ1) is 11.6. The lowest BCUT2D eigenvalue weighted by molar-refractivity contribution is 0.418. The molecule has 1 aromatic heterocycles. The van der Waals surface area contributed by atoms with Crippen LogP contribution in [0.3, 0.4) is 0 Å². The van der Waals surface area contributed by atoms with Crippen LogP contribution in [0.15, 0.2) is 42.5 Å². The van der Waals surface area contributed by atoms with Gasteiger partial charge in [0.25, 0.3) is 0 Å². The van der Waals surface area contributed by atoms with E-state index >= 15 is 0 Å². The summed E-state index contributed by atoms with van der Waals surface area (Å²) in [7, 11) is 1.53. The maximum atomic E-state index is 13.9. The van der Waals surface area contributed by atoms with Crippen LogP contribution in [0.1, 0.15) is 5.56 Å². The molecule has 19 heavy (non-hydrogen) atoms. The van der Waals surface area contributed by atoms with Crippen molar-refractivity contribution in [2.24, 2.45) is 0 Å². The van der Waals surface area contributed by atoms with Crippen LogP contribution in [0.5, 0.6) is 5.75 Å². The van der Waals surface area contributed by atoms with Crippen LogP contribution in [0.25, 0.3) is 11.0 Å². The van der Waals surface area contributed by atoms with Crippen molar-refractivity contribution in [3.8, 4) is 5.75 Å². The third-order valence-electron chi connectivity index (χ3n) is 2.97. The number of aromatic nitrogens is 3. The number of hydrogen-bond acceptors (Lipinski definition) is 3. The van der Waals surface area contributed by atoms with E-state index in [9.17, 15) is 4.39 Å². The van der Waals surface area contributed by atoms with E-state index < -0.39 is 0 Å². The van der Waals surface area contributed by atoms with Crippen molar-refractivity contribution in [1.29, 1.82) is 0 Å². The zero-order valence-corrected chi connectivity index (χ0v) is 10.4. The Morgan fingerprint density at radius 3 is 2.68 bits per heavy atom. The maximum Gasteiger partial charge on any atom is 0.158 e. The Morgan fingerprint density at radius 2 is 1.95 bits per heavy atom. The first-order valence-corrected chi connectivity index (χ1v) is 5.89. The van der Waals surface area contributed by atoms with Crippen molar-refractivity contribution in [3.63, 3.8) is 0 Å². The molecule has 1 heterocycles. The summed E-state index contributed by atoms with van der Waals surface area (Å²) in [5, 5.41) is 8.00. The van der Waals surface area contributed by atoms with Gasteiger partial charge in [-0.25, -0.2) is 9.07 Å². The molecule has 3 aromatic rings. The van der Waals surface area contributed by atoms with Gasteiger partial charge >= 0.3 is 0 Å². The van der Waals surface area contributed by atoms with E-state index in [2.05, 4.69) is 10.3 Å². The number of nitrogens with zero attached hydrogens (tertiary/aromatic N) is 3. The van der Waals surface area contributed by atoms with Gasteiger partial charge in [0, 0.05) is 0 Å². The molecule has 0 saturated heterocycles. The van der Waals surface area contributed by atoms with E-state index in [1.54, 1.807) is 10.7 Å². The van der Waals surface area contributed by atoms with Crippen molar-refractivity contribution in [3.05, 3.63) is 53.8 Å². The average molecular weight is 257 g/mol. The van der Waals surface area contributed by atoms with Gasteiger partial charge in [-0.1, -0.05) is 35.5 Å². The van der Waals surface area contributed by atoms with Gasteiger partial charge in [-0.2, -0.15) is 0 Å². The Labute approximate surface area is 109 Å². The molecule has 0 amide bonds. The smallest absolute Gasteiger partial charge is 0.158 e.